The molecule has 2 heterocycles. The first-order chi connectivity index (χ1) is 15.0. The average Bonchev–Trinajstić information content (AvgIpc) is 3.02. The zero-order valence-electron chi connectivity index (χ0n) is 18.3. The second-order valence-corrected chi connectivity index (χ2v) is 7.95. The van der Waals surface area contributed by atoms with Gasteiger partial charge >= 0.3 is 0 Å². The monoisotopic (exact) mass is 419 g/mol. The van der Waals surface area contributed by atoms with E-state index in [0.717, 1.165) is 24.5 Å². The lowest BCUT2D eigenvalue weighted by Gasteiger charge is -2.37. The minimum absolute atomic E-state index is 0.0154. The molecule has 31 heavy (non-hydrogen) atoms. The highest BCUT2D eigenvalue weighted by molar-refractivity contribution is 5.84. The maximum absolute atomic E-state index is 13.1. The van der Waals surface area contributed by atoms with E-state index >= 15 is 0 Å². The third kappa shape index (κ3) is 4.08. The highest BCUT2D eigenvalue weighted by Crippen LogP contribution is 2.18. The number of benzene rings is 2. The number of carbonyl (C=O) groups excluding carboxylic acids is 1. The molecule has 0 saturated carbocycles. The van der Waals surface area contributed by atoms with Crippen LogP contribution in [-0.2, 0) is 11.8 Å². The molecule has 2 aromatic carbocycles. The molecule has 1 aliphatic heterocycles. The van der Waals surface area contributed by atoms with Crippen LogP contribution >= 0.6 is 0 Å². The molecule has 1 aromatic heterocycles. The van der Waals surface area contributed by atoms with E-state index in [1.807, 2.05) is 79.0 Å². The SMILES string of the molecule is Cc1c(NC(C)C(=O)N2CCN(c3ccccc3)CC2)c(=O)n(-c2ccccc2)n1C. The molecule has 4 rings (SSSR count). The van der Waals surface area contributed by atoms with Crippen molar-refractivity contribution in [3.8, 4) is 5.69 Å². The van der Waals surface area contributed by atoms with E-state index < -0.39 is 6.04 Å². The largest absolute Gasteiger partial charge is 0.368 e. The third-order valence-electron chi connectivity index (χ3n) is 6.00. The van der Waals surface area contributed by atoms with E-state index in [4.69, 9.17) is 0 Å². The molecule has 3 aromatic rings. The summed E-state index contributed by atoms with van der Waals surface area (Å²) >= 11 is 0. The molecule has 0 bridgehead atoms. The third-order valence-corrected chi connectivity index (χ3v) is 6.00. The molecule has 0 aliphatic carbocycles. The van der Waals surface area contributed by atoms with Crippen molar-refractivity contribution in [3.63, 3.8) is 0 Å². The summed E-state index contributed by atoms with van der Waals surface area (Å²) in [7, 11) is 1.85. The molecule has 1 N–H and O–H groups in total. The summed E-state index contributed by atoms with van der Waals surface area (Å²) in [4.78, 5) is 30.3. The highest BCUT2D eigenvalue weighted by Gasteiger charge is 2.27. The molecule has 1 atom stereocenters. The highest BCUT2D eigenvalue weighted by atomic mass is 16.2. The predicted octanol–water partition coefficient (Wildman–Crippen LogP) is 2.63. The zero-order chi connectivity index (χ0) is 22.0. The summed E-state index contributed by atoms with van der Waals surface area (Å²) in [5, 5.41) is 3.19. The zero-order valence-corrected chi connectivity index (χ0v) is 18.3. The van der Waals surface area contributed by atoms with Crippen LogP contribution in [0.5, 0.6) is 0 Å². The van der Waals surface area contributed by atoms with Gasteiger partial charge in [-0.15, -0.1) is 0 Å². The molecule has 1 aliphatic rings. The Morgan fingerprint density at radius 2 is 1.45 bits per heavy atom. The standard InChI is InChI=1S/C24H29N5O2/c1-18(23(30)28-16-14-27(15-17-28)20-10-6-4-7-11-20)25-22-19(2)26(3)29(24(22)31)21-12-8-5-9-13-21/h4-13,18,25H,14-17H2,1-3H3. The van der Waals surface area contributed by atoms with Gasteiger partial charge in [0.2, 0.25) is 5.91 Å². The number of hydrogen-bond donors (Lipinski definition) is 1. The van der Waals surface area contributed by atoms with E-state index in [-0.39, 0.29) is 11.5 Å². The Morgan fingerprint density at radius 3 is 2.03 bits per heavy atom. The minimum atomic E-state index is -0.485. The van der Waals surface area contributed by atoms with Crippen LogP contribution in [0.3, 0.4) is 0 Å². The maximum Gasteiger partial charge on any atom is 0.295 e. The smallest absolute Gasteiger partial charge is 0.295 e. The Hall–Kier alpha value is -3.48. The Morgan fingerprint density at radius 1 is 0.903 bits per heavy atom. The molecule has 162 valence electrons. The Balaban J connectivity index is 1.45. The molecular weight excluding hydrogens is 390 g/mol. The molecule has 1 fully saturated rings. The molecule has 1 amide bonds. The summed E-state index contributed by atoms with van der Waals surface area (Å²) < 4.78 is 3.43. The Bertz CT molecular complexity index is 1100. The number of nitrogens with one attached hydrogen (secondary N) is 1. The van der Waals surface area contributed by atoms with Gasteiger partial charge in [0.15, 0.2) is 0 Å². The van der Waals surface area contributed by atoms with Crippen LogP contribution < -0.4 is 15.8 Å². The van der Waals surface area contributed by atoms with Crippen molar-refractivity contribution in [1.82, 2.24) is 14.3 Å². The number of rotatable bonds is 5. The van der Waals surface area contributed by atoms with Crippen LogP contribution in [0.2, 0.25) is 0 Å². The van der Waals surface area contributed by atoms with Gasteiger partial charge in [0.05, 0.1) is 11.4 Å². The molecule has 7 nitrogen and oxygen atoms in total. The first-order valence-corrected chi connectivity index (χ1v) is 10.7. The first-order valence-electron chi connectivity index (χ1n) is 10.7. The topological polar surface area (TPSA) is 62.5 Å². The summed E-state index contributed by atoms with van der Waals surface area (Å²) in [5.74, 6) is 0.0154. The van der Waals surface area contributed by atoms with Gasteiger partial charge in [0.1, 0.15) is 11.7 Å². The summed E-state index contributed by atoms with van der Waals surface area (Å²) in [5.41, 5.74) is 3.08. The average molecular weight is 420 g/mol. The van der Waals surface area contributed by atoms with E-state index in [0.29, 0.717) is 18.8 Å². The Labute approximate surface area is 182 Å². The molecule has 1 saturated heterocycles. The van der Waals surface area contributed by atoms with Gasteiger partial charge in [0, 0.05) is 38.9 Å². The van der Waals surface area contributed by atoms with E-state index in [1.165, 1.54) is 5.69 Å². The van der Waals surface area contributed by atoms with Crippen molar-refractivity contribution in [2.75, 3.05) is 36.4 Å². The van der Waals surface area contributed by atoms with Gasteiger partial charge in [-0.1, -0.05) is 36.4 Å². The number of aromatic nitrogens is 2. The van der Waals surface area contributed by atoms with E-state index in [2.05, 4.69) is 22.3 Å². The fourth-order valence-corrected chi connectivity index (χ4v) is 4.11. The second kappa shape index (κ2) is 8.71. The van der Waals surface area contributed by atoms with E-state index in [9.17, 15) is 9.59 Å². The fraction of sp³-hybridized carbons (Fsp3) is 0.333. The van der Waals surface area contributed by atoms with Crippen molar-refractivity contribution >= 4 is 17.3 Å². The first kappa shape index (κ1) is 20.8. The maximum atomic E-state index is 13.1. The van der Waals surface area contributed by atoms with Gasteiger partial charge in [0.25, 0.3) is 5.56 Å². The number of nitrogens with zero attached hydrogens (tertiary/aromatic N) is 4. The molecule has 0 radical (unpaired) electrons. The van der Waals surface area contributed by atoms with Gasteiger partial charge in [-0.25, -0.2) is 4.68 Å². The number of para-hydroxylation sites is 2. The van der Waals surface area contributed by atoms with Crippen molar-refractivity contribution < 1.29 is 4.79 Å². The summed E-state index contributed by atoms with van der Waals surface area (Å²) in [6.45, 7) is 6.65. The number of amides is 1. The number of anilines is 2. The molecule has 0 spiro atoms. The van der Waals surface area contributed by atoms with Crippen LogP contribution in [0.4, 0.5) is 11.4 Å². The van der Waals surface area contributed by atoms with Crippen molar-refractivity contribution in [1.29, 1.82) is 0 Å². The number of carbonyl (C=O) groups is 1. The predicted molar refractivity (Wildman–Crippen MR) is 124 cm³/mol. The molecule has 7 heteroatoms. The summed E-state index contributed by atoms with van der Waals surface area (Å²) in [6.07, 6.45) is 0. The quantitative estimate of drug-likeness (QED) is 0.691. The lowest BCUT2D eigenvalue weighted by molar-refractivity contribution is -0.131. The van der Waals surface area contributed by atoms with Crippen LogP contribution in [-0.4, -0.2) is 52.4 Å². The second-order valence-electron chi connectivity index (χ2n) is 7.95. The Kier molecular flexibility index (Phi) is 5.84. The van der Waals surface area contributed by atoms with Gasteiger partial charge in [-0.3, -0.25) is 14.3 Å². The van der Waals surface area contributed by atoms with Gasteiger partial charge in [-0.05, 0) is 38.1 Å². The summed E-state index contributed by atoms with van der Waals surface area (Å²) in [6, 6.07) is 19.3. The normalized spacial score (nSPS) is 15.1. The van der Waals surface area contributed by atoms with E-state index in [1.54, 1.807) is 4.68 Å². The number of piperazine rings is 1. The lowest BCUT2D eigenvalue weighted by Crippen LogP contribution is -2.52. The van der Waals surface area contributed by atoms with Gasteiger partial charge in [-0.2, -0.15) is 0 Å². The minimum Gasteiger partial charge on any atom is -0.368 e. The van der Waals surface area contributed by atoms with Crippen LogP contribution in [0.25, 0.3) is 5.69 Å². The van der Waals surface area contributed by atoms with Gasteiger partial charge < -0.3 is 15.1 Å². The van der Waals surface area contributed by atoms with Crippen molar-refractivity contribution in [2.45, 2.75) is 19.9 Å². The molecule has 1 unspecified atom stereocenters. The van der Waals surface area contributed by atoms with Crippen LogP contribution in [0.15, 0.2) is 65.5 Å². The lowest BCUT2D eigenvalue weighted by atomic mass is 10.2. The fourth-order valence-electron chi connectivity index (χ4n) is 4.11. The van der Waals surface area contributed by atoms with Crippen molar-refractivity contribution in [2.24, 2.45) is 7.05 Å². The van der Waals surface area contributed by atoms with Crippen LogP contribution in [0.1, 0.15) is 12.6 Å². The van der Waals surface area contributed by atoms with Crippen LogP contribution in [0, 0.1) is 6.92 Å². The molecular formula is C24H29N5O2. The van der Waals surface area contributed by atoms with Crippen molar-refractivity contribution in [3.05, 3.63) is 76.7 Å². The number of hydrogen-bond acceptors (Lipinski definition) is 4.